The monoisotopic (exact) mass is 253 g/mol. The first kappa shape index (κ1) is 14.0. The molecule has 0 heterocycles. The van der Waals surface area contributed by atoms with Crippen molar-refractivity contribution >= 4 is 17.5 Å². The number of hydrogen-bond donors (Lipinski definition) is 1. The summed E-state index contributed by atoms with van der Waals surface area (Å²) in [5.41, 5.74) is 1.26. The van der Waals surface area contributed by atoms with E-state index >= 15 is 0 Å². The molecule has 2 nitrogen and oxygen atoms in total. The molecule has 0 aromatic heterocycles. The van der Waals surface area contributed by atoms with Gasteiger partial charge < -0.3 is 5.32 Å². The minimum absolute atomic E-state index is 0.149. The highest BCUT2D eigenvalue weighted by molar-refractivity contribution is 6.17. The lowest BCUT2D eigenvalue weighted by Gasteiger charge is -2.05. The number of rotatable bonds is 8. The van der Waals surface area contributed by atoms with Gasteiger partial charge in [-0.1, -0.05) is 36.8 Å². The van der Waals surface area contributed by atoms with Gasteiger partial charge in [-0.15, -0.1) is 11.6 Å². The molecule has 0 spiro atoms. The van der Waals surface area contributed by atoms with Crippen LogP contribution in [0, 0.1) is 0 Å². The molecular weight excluding hydrogens is 234 g/mol. The topological polar surface area (TPSA) is 29.1 Å². The molecule has 1 N–H and O–H groups in total. The zero-order valence-corrected chi connectivity index (χ0v) is 10.9. The first-order chi connectivity index (χ1) is 8.33. The Hall–Kier alpha value is -1.02. The van der Waals surface area contributed by atoms with Gasteiger partial charge in [0.2, 0.25) is 5.91 Å². The van der Waals surface area contributed by atoms with Crippen LogP contribution < -0.4 is 5.32 Å². The summed E-state index contributed by atoms with van der Waals surface area (Å²) in [6, 6.07) is 10.2. The van der Waals surface area contributed by atoms with Gasteiger partial charge in [-0.2, -0.15) is 0 Å². The Morgan fingerprint density at radius 1 is 1.12 bits per heavy atom. The lowest BCUT2D eigenvalue weighted by molar-refractivity contribution is -0.121. The van der Waals surface area contributed by atoms with Crippen molar-refractivity contribution in [2.75, 3.05) is 12.4 Å². The van der Waals surface area contributed by atoms with Crippen molar-refractivity contribution < 1.29 is 4.79 Å². The van der Waals surface area contributed by atoms with Crippen LogP contribution in [-0.2, 0) is 11.2 Å². The maximum absolute atomic E-state index is 11.5. The van der Waals surface area contributed by atoms with Gasteiger partial charge in [0.25, 0.3) is 0 Å². The van der Waals surface area contributed by atoms with Crippen LogP contribution in [0.2, 0.25) is 0 Å². The van der Waals surface area contributed by atoms with Crippen molar-refractivity contribution in [3.8, 4) is 0 Å². The Balaban J connectivity index is 2.04. The molecule has 0 aliphatic rings. The summed E-state index contributed by atoms with van der Waals surface area (Å²) < 4.78 is 0. The van der Waals surface area contributed by atoms with Gasteiger partial charge in [0, 0.05) is 18.8 Å². The van der Waals surface area contributed by atoms with Crippen LogP contribution in [0.1, 0.15) is 31.2 Å². The molecule has 0 unspecified atom stereocenters. The highest BCUT2D eigenvalue weighted by Gasteiger charge is 2.00. The smallest absolute Gasteiger partial charge is 0.220 e. The largest absolute Gasteiger partial charge is 0.356 e. The van der Waals surface area contributed by atoms with Gasteiger partial charge in [0.15, 0.2) is 0 Å². The summed E-state index contributed by atoms with van der Waals surface area (Å²) in [4.78, 5) is 11.5. The van der Waals surface area contributed by atoms with Crippen LogP contribution >= 0.6 is 11.6 Å². The van der Waals surface area contributed by atoms with E-state index in [2.05, 4.69) is 17.4 Å². The predicted molar refractivity (Wildman–Crippen MR) is 72.3 cm³/mol. The lowest BCUT2D eigenvalue weighted by Crippen LogP contribution is -2.25. The molecule has 0 radical (unpaired) electrons. The fourth-order valence-corrected chi connectivity index (χ4v) is 1.83. The zero-order valence-electron chi connectivity index (χ0n) is 10.1. The standard InChI is InChI=1S/C14H20ClNO/c15-11-6-2-5-9-14(17)16-12-10-13-7-3-1-4-8-13/h1,3-4,7-8H,2,5-6,9-12H2,(H,16,17). The molecule has 0 saturated heterocycles. The maximum atomic E-state index is 11.5. The molecule has 94 valence electrons. The van der Waals surface area contributed by atoms with E-state index < -0.39 is 0 Å². The second-order valence-corrected chi connectivity index (χ2v) is 4.46. The van der Waals surface area contributed by atoms with Gasteiger partial charge in [-0.05, 0) is 24.8 Å². The molecule has 1 rings (SSSR count). The number of amides is 1. The minimum atomic E-state index is 0.149. The van der Waals surface area contributed by atoms with Crippen LogP contribution in [0.25, 0.3) is 0 Å². The zero-order chi connectivity index (χ0) is 12.3. The number of benzene rings is 1. The van der Waals surface area contributed by atoms with E-state index in [1.807, 2.05) is 18.2 Å². The van der Waals surface area contributed by atoms with Gasteiger partial charge in [0.05, 0.1) is 0 Å². The third-order valence-corrected chi connectivity index (χ3v) is 2.88. The van der Waals surface area contributed by atoms with Crippen molar-refractivity contribution in [1.29, 1.82) is 0 Å². The summed E-state index contributed by atoms with van der Waals surface area (Å²) in [5.74, 6) is 0.839. The molecule has 3 heteroatoms. The Labute approximate surface area is 108 Å². The normalized spacial score (nSPS) is 10.2. The molecule has 0 aliphatic carbocycles. The quantitative estimate of drug-likeness (QED) is 0.560. The summed E-state index contributed by atoms with van der Waals surface area (Å²) in [7, 11) is 0. The summed E-state index contributed by atoms with van der Waals surface area (Å²) >= 11 is 5.57. The van der Waals surface area contributed by atoms with Crippen molar-refractivity contribution in [3.05, 3.63) is 35.9 Å². The Morgan fingerprint density at radius 3 is 2.59 bits per heavy atom. The van der Waals surface area contributed by atoms with Crippen LogP contribution in [0.3, 0.4) is 0 Å². The van der Waals surface area contributed by atoms with E-state index in [0.29, 0.717) is 12.3 Å². The van der Waals surface area contributed by atoms with Crippen molar-refractivity contribution in [3.63, 3.8) is 0 Å². The predicted octanol–water partition coefficient (Wildman–Crippen LogP) is 3.14. The van der Waals surface area contributed by atoms with Crippen molar-refractivity contribution in [1.82, 2.24) is 5.32 Å². The highest BCUT2D eigenvalue weighted by atomic mass is 35.5. The number of alkyl halides is 1. The number of nitrogens with one attached hydrogen (secondary N) is 1. The number of hydrogen-bond acceptors (Lipinski definition) is 1. The minimum Gasteiger partial charge on any atom is -0.356 e. The maximum Gasteiger partial charge on any atom is 0.220 e. The number of carbonyl (C=O) groups excluding carboxylic acids is 1. The molecule has 17 heavy (non-hydrogen) atoms. The third kappa shape index (κ3) is 7.01. The molecular formula is C14H20ClNO. The molecule has 0 bridgehead atoms. The molecule has 0 saturated carbocycles. The molecule has 0 fully saturated rings. The van der Waals surface area contributed by atoms with Gasteiger partial charge in [-0.3, -0.25) is 4.79 Å². The van der Waals surface area contributed by atoms with Crippen molar-refractivity contribution in [2.45, 2.75) is 32.1 Å². The summed E-state index contributed by atoms with van der Waals surface area (Å²) in [5, 5.41) is 2.94. The van der Waals surface area contributed by atoms with E-state index in [1.54, 1.807) is 0 Å². The molecule has 1 aromatic rings. The van der Waals surface area contributed by atoms with Gasteiger partial charge in [-0.25, -0.2) is 0 Å². The molecule has 0 atom stereocenters. The lowest BCUT2D eigenvalue weighted by atomic mass is 10.1. The molecule has 0 aliphatic heterocycles. The average molecular weight is 254 g/mol. The third-order valence-electron chi connectivity index (χ3n) is 2.62. The van der Waals surface area contributed by atoms with E-state index in [0.717, 1.165) is 32.2 Å². The van der Waals surface area contributed by atoms with E-state index in [4.69, 9.17) is 11.6 Å². The first-order valence-electron chi connectivity index (χ1n) is 6.19. The van der Waals surface area contributed by atoms with Crippen molar-refractivity contribution in [2.24, 2.45) is 0 Å². The molecule has 1 aromatic carbocycles. The SMILES string of the molecule is O=C(CCCCCCl)NCCc1ccccc1. The Kier molecular flexibility index (Phi) is 7.48. The second kappa shape index (κ2) is 9.06. The Bertz CT molecular complexity index is 313. The summed E-state index contributed by atoms with van der Waals surface area (Å²) in [6.45, 7) is 0.721. The average Bonchev–Trinajstić information content (AvgIpc) is 2.36. The van der Waals surface area contributed by atoms with E-state index in [9.17, 15) is 4.79 Å². The number of carbonyl (C=O) groups is 1. The Morgan fingerprint density at radius 2 is 1.88 bits per heavy atom. The van der Waals surface area contributed by atoms with Crippen LogP contribution in [0.15, 0.2) is 30.3 Å². The van der Waals surface area contributed by atoms with Crippen LogP contribution in [0.5, 0.6) is 0 Å². The fourth-order valence-electron chi connectivity index (χ4n) is 1.64. The fraction of sp³-hybridized carbons (Fsp3) is 0.500. The number of halogens is 1. The van der Waals surface area contributed by atoms with E-state index in [1.165, 1.54) is 5.56 Å². The van der Waals surface area contributed by atoms with Gasteiger partial charge in [0.1, 0.15) is 0 Å². The first-order valence-corrected chi connectivity index (χ1v) is 6.73. The second-order valence-electron chi connectivity index (χ2n) is 4.09. The summed E-state index contributed by atoms with van der Waals surface area (Å²) in [6.07, 6.45) is 4.48. The molecule has 1 amide bonds. The van der Waals surface area contributed by atoms with Crippen LogP contribution in [-0.4, -0.2) is 18.3 Å². The van der Waals surface area contributed by atoms with Gasteiger partial charge >= 0.3 is 0 Å². The van der Waals surface area contributed by atoms with Crippen LogP contribution in [0.4, 0.5) is 0 Å². The number of unbranched alkanes of at least 4 members (excludes halogenated alkanes) is 2. The highest BCUT2D eigenvalue weighted by Crippen LogP contribution is 2.01. The van der Waals surface area contributed by atoms with E-state index in [-0.39, 0.29) is 5.91 Å².